The number of nitrogens with zero attached hydrogens (tertiary/aromatic N) is 1. The van der Waals surface area contributed by atoms with E-state index in [0.29, 0.717) is 6.04 Å². The summed E-state index contributed by atoms with van der Waals surface area (Å²) in [6.45, 7) is 7.95. The van der Waals surface area contributed by atoms with Crippen molar-refractivity contribution in [2.75, 3.05) is 18.0 Å². The Kier molecular flexibility index (Phi) is 4.10. The van der Waals surface area contributed by atoms with E-state index in [-0.39, 0.29) is 12.5 Å². The van der Waals surface area contributed by atoms with E-state index in [4.69, 9.17) is 5.11 Å². The summed E-state index contributed by atoms with van der Waals surface area (Å²) in [6, 6.07) is 6.55. The van der Waals surface area contributed by atoms with E-state index in [9.17, 15) is 4.79 Å². The fraction of sp³-hybridized carbons (Fsp3) is 0.533. The minimum atomic E-state index is -0.739. The quantitative estimate of drug-likeness (QED) is 0.874. The number of rotatable bonds is 3. The van der Waals surface area contributed by atoms with E-state index in [1.165, 1.54) is 16.8 Å². The highest BCUT2D eigenvalue weighted by molar-refractivity contribution is 5.70. The van der Waals surface area contributed by atoms with E-state index in [1.54, 1.807) is 0 Å². The molecular formula is C15H22N2O2. The zero-order valence-corrected chi connectivity index (χ0v) is 11.8. The standard InChI is InChI=1S/C15H22N2O2/c1-10-5-4-6-11(2)15(10)17-12(3)8-16-9-13(17)7-14(18)19/h4-6,12-13,16H,7-9H2,1-3H3,(H,18,19). The highest BCUT2D eigenvalue weighted by atomic mass is 16.4. The van der Waals surface area contributed by atoms with Crippen LogP contribution in [0.25, 0.3) is 0 Å². The summed E-state index contributed by atoms with van der Waals surface area (Å²) in [6.07, 6.45) is 0.172. The Bertz CT molecular complexity index is 453. The van der Waals surface area contributed by atoms with E-state index in [0.717, 1.165) is 13.1 Å². The molecule has 1 aromatic carbocycles. The van der Waals surface area contributed by atoms with Crippen LogP contribution in [0.4, 0.5) is 5.69 Å². The van der Waals surface area contributed by atoms with Crippen LogP contribution in [-0.2, 0) is 4.79 Å². The van der Waals surface area contributed by atoms with Gasteiger partial charge in [-0.2, -0.15) is 0 Å². The molecule has 4 nitrogen and oxygen atoms in total. The molecule has 2 rings (SSSR count). The van der Waals surface area contributed by atoms with Gasteiger partial charge in [0.1, 0.15) is 0 Å². The molecule has 1 aliphatic heterocycles. The molecule has 104 valence electrons. The number of aliphatic carboxylic acids is 1. The third-order valence-corrected chi connectivity index (χ3v) is 3.80. The molecule has 1 aromatic rings. The summed E-state index contributed by atoms with van der Waals surface area (Å²) in [5, 5.41) is 12.4. The van der Waals surface area contributed by atoms with Gasteiger partial charge < -0.3 is 15.3 Å². The number of benzene rings is 1. The smallest absolute Gasteiger partial charge is 0.305 e. The monoisotopic (exact) mass is 262 g/mol. The number of aryl methyl sites for hydroxylation is 2. The molecule has 0 aromatic heterocycles. The number of carboxylic acid groups (broad SMARTS) is 1. The lowest BCUT2D eigenvalue weighted by Gasteiger charge is -2.43. The second-order valence-electron chi connectivity index (χ2n) is 5.41. The number of anilines is 1. The Morgan fingerprint density at radius 2 is 2.00 bits per heavy atom. The van der Waals surface area contributed by atoms with Gasteiger partial charge in [0.25, 0.3) is 0 Å². The molecule has 1 fully saturated rings. The van der Waals surface area contributed by atoms with Gasteiger partial charge in [0, 0.05) is 24.8 Å². The number of carboxylic acids is 1. The van der Waals surface area contributed by atoms with Crippen LogP contribution in [0.1, 0.15) is 24.5 Å². The second kappa shape index (κ2) is 5.61. The molecule has 0 radical (unpaired) electrons. The Morgan fingerprint density at radius 3 is 2.58 bits per heavy atom. The first-order valence-electron chi connectivity index (χ1n) is 6.77. The third kappa shape index (κ3) is 2.89. The summed E-state index contributed by atoms with van der Waals surface area (Å²) in [5.41, 5.74) is 3.62. The Labute approximate surface area is 114 Å². The predicted molar refractivity (Wildman–Crippen MR) is 76.8 cm³/mol. The average molecular weight is 262 g/mol. The molecule has 0 aliphatic carbocycles. The lowest BCUT2D eigenvalue weighted by atomic mass is 9.99. The number of para-hydroxylation sites is 1. The van der Waals surface area contributed by atoms with Crippen molar-refractivity contribution in [1.29, 1.82) is 0 Å². The van der Waals surface area contributed by atoms with E-state index >= 15 is 0 Å². The number of nitrogens with one attached hydrogen (secondary N) is 1. The van der Waals surface area contributed by atoms with Gasteiger partial charge in [0.15, 0.2) is 0 Å². The number of hydrogen-bond acceptors (Lipinski definition) is 3. The Balaban J connectivity index is 2.39. The van der Waals surface area contributed by atoms with Gasteiger partial charge in [0.2, 0.25) is 0 Å². The highest BCUT2D eigenvalue weighted by Crippen LogP contribution is 2.30. The van der Waals surface area contributed by atoms with Crippen molar-refractivity contribution in [2.24, 2.45) is 0 Å². The predicted octanol–water partition coefficient (Wildman–Crippen LogP) is 1.94. The SMILES string of the molecule is Cc1cccc(C)c1N1C(C)CNCC1CC(=O)O. The summed E-state index contributed by atoms with van der Waals surface area (Å²) in [5.74, 6) is -0.739. The minimum absolute atomic E-state index is 0.0149. The van der Waals surface area contributed by atoms with E-state index in [2.05, 4.69) is 43.1 Å². The molecule has 0 bridgehead atoms. The van der Waals surface area contributed by atoms with Crippen LogP contribution >= 0.6 is 0 Å². The van der Waals surface area contributed by atoms with Crippen LogP contribution in [0.5, 0.6) is 0 Å². The Morgan fingerprint density at radius 1 is 1.37 bits per heavy atom. The van der Waals surface area contributed by atoms with E-state index < -0.39 is 5.97 Å². The van der Waals surface area contributed by atoms with E-state index in [1.807, 2.05) is 6.07 Å². The van der Waals surface area contributed by atoms with Gasteiger partial charge in [-0.05, 0) is 31.9 Å². The van der Waals surface area contributed by atoms with Crippen molar-refractivity contribution < 1.29 is 9.90 Å². The molecule has 2 N–H and O–H groups in total. The molecule has 1 saturated heterocycles. The van der Waals surface area contributed by atoms with Gasteiger partial charge in [0.05, 0.1) is 12.5 Å². The highest BCUT2D eigenvalue weighted by Gasteiger charge is 2.31. The number of piperazine rings is 1. The third-order valence-electron chi connectivity index (χ3n) is 3.80. The summed E-state index contributed by atoms with van der Waals surface area (Å²) >= 11 is 0. The molecule has 1 heterocycles. The lowest BCUT2D eigenvalue weighted by molar-refractivity contribution is -0.137. The van der Waals surface area contributed by atoms with Gasteiger partial charge in [-0.1, -0.05) is 18.2 Å². The van der Waals surface area contributed by atoms with Crippen molar-refractivity contribution >= 4 is 11.7 Å². The largest absolute Gasteiger partial charge is 0.481 e. The first kappa shape index (κ1) is 13.9. The summed E-state index contributed by atoms with van der Waals surface area (Å²) in [4.78, 5) is 13.4. The second-order valence-corrected chi connectivity index (χ2v) is 5.41. The molecule has 4 heteroatoms. The summed E-state index contributed by atoms with van der Waals surface area (Å²) < 4.78 is 0. The van der Waals surface area contributed by atoms with Crippen LogP contribution in [0, 0.1) is 13.8 Å². The van der Waals surface area contributed by atoms with Crippen LogP contribution in [0.15, 0.2) is 18.2 Å². The van der Waals surface area contributed by atoms with Crippen LogP contribution in [-0.4, -0.2) is 36.2 Å². The zero-order valence-electron chi connectivity index (χ0n) is 11.8. The Hall–Kier alpha value is -1.55. The van der Waals surface area contributed by atoms with Gasteiger partial charge >= 0.3 is 5.97 Å². The lowest BCUT2D eigenvalue weighted by Crippen LogP contribution is -2.57. The van der Waals surface area contributed by atoms with Crippen molar-refractivity contribution in [3.8, 4) is 0 Å². The number of hydrogen-bond donors (Lipinski definition) is 2. The molecule has 0 amide bonds. The van der Waals surface area contributed by atoms with Gasteiger partial charge in [-0.15, -0.1) is 0 Å². The molecule has 1 aliphatic rings. The minimum Gasteiger partial charge on any atom is -0.481 e. The fourth-order valence-corrected chi connectivity index (χ4v) is 3.00. The summed E-state index contributed by atoms with van der Waals surface area (Å²) in [7, 11) is 0. The normalized spacial score (nSPS) is 23.4. The number of carbonyl (C=O) groups is 1. The van der Waals surface area contributed by atoms with Crippen LogP contribution in [0.3, 0.4) is 0 Å². The molecule has 19 heavy (non-hydrogen) atoms. The molecular weight excluding hydrogens is 240 g/mol. The van der Waals surface area contributed by atoms with Crippen molar-refractivity contribution in [3.05, 3.63) is 29.3 Å². The van der Waals surface area contributed by atoms with Gasteiger partial charge in [-0.3, -0.25) is 4.79 Å². The van der Waals surface area contributed by atoms with Crippen LogP contribution in [0.2, 0.25) is 0 Å². The maximum Gasteiger partial charge on any atom is 0.305 e. The molecule has 2 atom stereocenters. The zero-order chi connectivity index (χ0) is 14.0. The fourth-order valence-electron chi connectivity index (χ4n) is 3.00. The maximum absolute atomic E-state index is 11.1. The first-order chi connectivity index (χ1) is 9.00. The van der Waals surface area contributed by atoms with Crippen molar-refractivity contribution in [2.45, 2.75) is 39.3 Å². The molecule has 0 saturated carbocycles. The van der Waals surface area contributed by atoms with Crippen molar-refractivity contribution in [1.82, 2.24) is 5.32 Å². The van der Waals surface area contributed by atoms with Gasteiger partial charge in [-0.25, -0.2) is 0 Å². The average Bonchev–Trinajstić information content (AvgIpc) is 2.31. The maximum atomic E-state index is 11.1. The van der Waals surface area contributed by atoms with Crippen molar-refractivity contribution in [3.63, 3.8) is 0 Å². The first-order valence-corrected chi connectivity index (χ1v) is 6.77. The molecule has 2 unspecified atom stereocenters. The topological polar surface area (TPSA) is 52.6 Å². The van der Waals surface area contributed by atoms with Crippen LogP contribution < -0.4 is 10.2 Å². The molecule has 0 spiro atoms.